The van der Waals surface area contributed by atoms with E-state index in [2.05, 4.69) is 0 Å². The fourth-order valence-electron chi connectivity index (χ4n) is 1.61. The first-order valence-electron chi connectivity index (χ1n) is 5.61. The van der Waals surface area contributed by atoms with Crippen molar-refractivity contribution in [1.82, 2.24) is 0 Å². The number of nitrogens with zero attached hydrogens (tertiary/aromatic N) is 1. The van der Waals surface area contributed by atoms with E-state index in [0.29, 0.717) is 18.6 Å². The minimum absolute atomic E-state index is 0.130. The Balaban J connectivity index is 2.16. The highest BCUT2D eigenvalue weighted by molar-refractivity contribution is 5.80. The Morgan fingerprint density at radius 3 is 2.53 bits per heavy atom. The van der Waals surface area contributed by atoms with Crippen LogP contribution >= 0.6 is 0 Å². The summed E-state index contributed by atoms with van der Waals surface area (Å²) in [5, 5.41) is 10.6. The lowest BCUT2D eigenvalue weighted by Gasteiger charge is -2.08. The van der Waals surface area contributed by atoms with Gasteiger partial charge in [-0.1, -0.05) is 30.3 Å². The molecule has 2 aromatic carbocycles. The van der Waals surface area contributed by atoms with Crippen molar-refractivity contribution < 1.29 is 14.5 Å². The lowest BCUT2D eigenvalue weighted by molar-refractivity contribution is -0.384. The van der Waals surface area contributed by atoms with Gasteiger partial charge in [-0.25, -0.2) is 0 Å². The van der Waals surface area contributed by atoms with Crippen molar-refractivity contribution in [2.24, 2.45) is 0 Å². The molecule has 96 valence electrons. The Kier molecular flexibility index (Phi) is 3.87. The van der Waals surface area contributed by atoms with Crippen molar-refractivity contribution in [3.63, 3.8) is 0 Å². The van der Waals surface area contributed by atoms with Crippen molar-refractivity contribution in [1.29, 1.82) is 0 Å². The molecular formula is C14H11NO4. The lowest BCUT2D eigenvalue weighted by Crippen LogP contribution is -1.99. The van der Waals surface area contributed by atoms with Gasteiger partial charge in [0.1, 0.15) is 12.4 Å². The summed E-state index contributed by atoms with van der Waals surface area (Å²) in [6.07, 6.45) is 0.549. The zero-order valence-electron chi connectivity index (χ0n) is 9.98. The van der Waals surface area contributed by atoms with Crippen LogP contribution in [0.3, 0.4) is 0 Å². The predicted octanol–water partition coefficient (Wildman–Crippen LogP) is 2.99. The summed E-state index contributed by atoms with van der Waals surface area (Å²) in [6, 6.07) is 13.4. The van der Waals surface area contributed by atoms with Crippen molar-refractivity contribution >= 4 is 12.0 Å². The van der Waals surface area contributed by atoms with Crippen LogP contribution in [0.15, 0.2) is 48.5 Å². The molecule has 0 N–H and O–H groups in total. The molecule has 0 amide bonds. The number of carbonyl (C=O) groups is 1. The van der Waals surface area contributed by atoms with Gasteiger partial charge in [0, 0.05) is 12.1 Å². The van der Waals surface area contributed by atoms with Crippen LogP contribution in [0.1, 0.15) is 15.9 Å². The molecule has 0 heterocycles. The summed E-state index contributed by atoms with van der Waals surface area (Å²) in [6.45, 7) is 0.305. The number of carbonyl (C=O) groups excluding carboxylic acids is 1. The maximum absolute atomic E-state index is 10.9. The van der Waals surface area contributed by atoms with E-state index in [9.17, 15) is 14.9 Å². The molecule has 5 heteroatoms. The van der Waals surface area contributed by atoms with Crippen molar-refractivity contribution in [2.45, 2.75) is 6.61 Å². The number of nitro groups is 1. The molecule has 0 aliphatic rings. The van der Waals surface area contributed by atoms with Crippen LogP contribution in [0, 0.1) is 10.1 Å². The van der Waals surface area contributed by atoms with Gasteiger partial charge in [-0.05, 0) is 11.6 Å². The number of non-ortho nitro benzene ring substituents is 1. The Bertz CT molecular complexity index is 596. The molecular weight excluding hydrogens is 246 g/mol. The molecule has 0 aliphatic carbocycles. The maximum Gasteiger partial charge on any atom is 0.270 e. The van der Waals surface area contributed by atoms with Crippen LogP contribution in [0.25, 0.3) is 0 Å². The van der Waals surface area contributed by atoms with Crippen molar-refractivity contribution in [2.75, 3.05) is 0 Å². The van der Waals surface area contributed by atoms with Gasteiger partial charge in [0.2, 0.25) is 0 Å². The molecule has 0 aromatic heterocycles. The van der Waals surface area contributed by atoms with Crippen LogP contribution < -0.4 is 4.74 Å². The Hall–Kier alpha value is -2.69. The Morgan fingerprint density at radius 2 is 1.89 bits per heavy atom. The van der Waals surface area contributed by atoms with E-state index in [0.717, 1.165) is 5.56 Å². The van der Waals surface area contributed by atoms with Gasteiger partial charge in [0.25, 0.3) is 5.69 Å². The fraction of sp³-hybridized carbons (Fsp3) is 0.0714. The first-order chi connectivity index (χ1) is 9.20. The number of rotatable bonds is 5. The molecule has 0 atom stereocenters. The molecule has 0 unspecified atom stereocenters. The van der Waals surface area contributed by atoms with E-state index in [1.54, 1.807) is 0 Å². The molecule has 0 fully saturated rings. The smallest absolute Gasteiger partial charge is 0.270 e. The Morgan fingerprint density at radius 1 is 1.16 bits per heavy atom. The molecule has 0 radical (unpaired) electrons. The molecule has 0 saturated heterocycles. The standard InChI is InChI=1S/C14H11NO4/c16-9-12-8-13(15(17)18)6-7-14(12)19-10-11-4-2-1-3-5-11/h1-9H,10H2. The van der Waals surface area contributed by atoms with E-state index in [1.807, 2.05) is 30.3 Å². The van der Waals surface area contributed by atoms with Crippen LogP contribution in [-0.2, 0) is 6.61 Å². The van der Waals surface area contributed by atoms with E-state index >= 15 is 0 Å². The van der Waals surface area contributed by atoms with Gasteiger partial charge >= 0.3 is 0 Å². The third kappa shape index (κ3) is 3.16. The summed E-state index contributed by atoms with van der Waals surface area (Å²) >= 11 is 0. The predicted molar refractivity (Wildman–Crippen MR) is 69.3 cm³/mol. The van der Waals surface area contributed by atoms with E-state index < -0.39 is 4.92 Å². The first kappa shape index (κ1) is 12.8. The lowest BCUT2D eigenvalue weighted by atomic mass is 10.2. The third-order valence-corrected chi connectivity index (χ3v) is 2.57. The monoisotopic (exact) mass is 257 g/mol. The van der Waals surface area contributed by atoms with Gasteiger partial charge in [-0.3, -0.25) is 14.9 Å². The zero-order valence-corrected chi connectivity index (χ0v) is 9.98. The summed E-state index contributed by atoms with van der Waals surface area (Å²) in [4.78, 5) is 21.0. The average molecular weight is 257 g/mol. The largest absolute Gasteiger partial charge is 0.488 e. The maximum atomic E-state index is 10.9. The highest BCUT2D eigenvalue weighted by Gasteiger charge is 2.11. The molecule has 5 nitrogen and oxygen atoms in total. The molecule has 0 spiro atoms. The molecule has 2 rings (SSSR count). The number of hydrogen-bond acceptors (Lipinski definition) is 4. The second-order valence-corrected chi connectivity index (χ2v) is 3.87. The van der Waals surface area contributed by atoms with Gasteiger partial charge in [-0.15, -0.1) is 0 Å². The van der Waals surface area contributed by atoms with Crippen molar-refractivity contribution in [3.05, 3.63) is 69.8 Å². The van der Waals surface area contributed by atoms with Gasteiger partial charge < -0.3 is 4.74 Å². The Labute approximate surface area is 109 Å². The van der Waals surface area contributed by atoms with E-state index in [-0.39, 0.29) is 11.3 Å². The number of benzene rings is 2. The van der Waals surface area contributed by atoms with Crippen LogP contribution in [-0.4, -0.2) is 11.2 Å². The quantitative estimate of drug-likeness (QED) is 0.469. The first-order valence-corrected chi connectivity index (χ1v) is 5.61. The molecule has 0 bridgehead atoms. The second-order valence-electron chi connectivity index (χ2n) is 3.87. The van der Waals surface area contributed by atoms with Crippen LogP contribution in [0.5, 0.6) is 5.75 Å². The normalized spacial score (nSPS) is 9.89. The minimum atomic E-state index is -0.548. The minimum Gasteiger partial charge on any atom is -0.488 e. The molecule has 0 aliphatic heterocycles. The molecule has 0 saturated carbocycles. The van der Waals surface area contributed by atoms with Crippen molar-refractivity contribution in [3.8, 4) is 5.75 Å². The second kappa shape index (κ2) is 5.77. The topological polar surface area (TPSA) is 69.4 Å². The zero-order chi connectivity index (χ0) is 13.7. The van der Waals surface area contributed by atoms with E-state index in [1.165, 1.54) is 18.2 Å². The number of ether oxygens (including phenoxy) is 1. The highest BCUT2D eigenvalue weighted by atomic mass is 16.6. The average Bonchev–Trinajstić information content (AvgIpc) is 2.45. The molecule has 19 heavy (non-hydrogen) atoms. The summed E-state index contributed by atoms with van der Waals surface area (Å²) in [7, 11) is 0. The third-order valence-electron chi connectivity index (χ3n) is 2.57. The van der Waals surface area contributed by atoms with Crippen LogP contribution in [0.4, 0.5) is 5.69 Å². The van der Waals surface area contributed by atoms with E-state index in [4.69, 9.17) is 4.74 Å². The SMILES string of the molecule is O=Cc1cc([N+](=O)[O-])ccc1OCc1ccccc1. The number of hydrogen-bond donors (Lipinski definition) is 0. The fourth-order valence-corrected chi connectivity index (χ4v) is 1.61. The van der Waals surface area contributed by atoms with Gasteiger partial charge in [0.15, 0.2) is 6.29 Å². The summed E-state index contributed by atoms with van der Waals surface area (Å²) in [5.41, 5.74) is 0.997. The number of nitro benzene ring substituents is 1. The van der Waals surface area contributed by atoms with Gasteiger partial charge in [0.05, 0.1) is 10.5 Å². The van der Waals surface area contributed by atoms with Gasteiger partial charge in [-0.2, -0.15) is 0 Å². The van der Waals surface area contributed by atoms with Crippen LogP contribution in [0.2, 0.25) is 0 Å². The summed E-state index contributed by atoms with van der Waals surface area (Å²) in [5.74, 6) is 0.337. The summed E-state index contributed by atoms with van der Waals surface area (Å²) < 4.78 is 5.49. The number of aldehydes is 1. The molecule has 2 aromatic rings. The highest BCUT2D eigenvalue weighted by Crippen LogP contribution is 2.23.